The van der Waals surface area contributed by atoms with Crippen LogP contribution in [0.4, 0.5) is 5.69 Å². The molecule has 5 heteroatoms. The molecule has 0 atom stereocenters. The van der Waals surface area contributed by atoms with Gasteiger partial charge in [-0.1, -0.05) is 13.3 Å². The highest BCUT2D eigenvalue weighted by molar-refractivity contribution is 6.07. The van der Waals surface area contributed by atoms with Crippen molar-refractivity contribution < 1.29 is 9.90 Å². The summed E-state index contributed by atoms with van der Waals surface area (Å²) in [5.41, 5.74) is 7.88. The first-order chi connectivity index (χ1) is 9.67. The monoisotopic (exact) mass is 275 g/mol. The molecule has 1 amide bonds. The third-order valence-electron chi connectivity index (χ3n) is 3.37. The Morgan fingerprint density at radius 3 is 2.90 bits per heavy atom. The van der Waals surface area contributed by atoms with Gasteiger partial charge < -0.3 is 20.7 Å². The number of carbonyl (C=O) groups excluding carboxylic acids is 1. The van der Waals surface area contributed by atoms with Gasteiger partial charge in [0, 0.05) is 35.9 Å². The highest BCUT2D eigenvalue weighted by atomic mass is 16.3. The van der Waals surface area contributed by atoms with Gasteiger partial charge in [0.05, 0.1) is 12.2 Å². The van der Waals surface area contributed by atoms with Crippen LogP contribution in [0.1, 0.15) is 30.1 Å². The van der Waals surface area contributed by atoms with E-state index in [9.17, 15) is 4.79 Å². The number of H-pyrrole nitrogens is 1. The molecule has 0 radical (unpaired) electrons. The smallest absolute Gasteiger partial charge is 0.256 e. The number of nitrogens with zero attached hydrogens (tertiary/aromatic N) is 1. The molecule has 1 aromatic heterocycles. The van der Waals surface area contributed by atoms with Crippen LogP contribution in [-0.2, 0) is 0 Å². The quantitative estimate of drug-likeness (QED) is 0.705. The van der Waals surface area contributed by atoms with E-state index in [1.165, 1.54) is 0 Å². The summed E-state index contributed by atoms with van der Waals surface area (Å²) in [4.78, 5) is 17.3. The molecule has 0 spiro atoms. The SMILES string of the molecule is CCCCN(CCO)C(=O)c1c[nH]c2cc(N)ccc12. The fourth-order valence-electron chi connectivity index (χ4n) is 2.28. The Balaban J connectivity index is 2.28. The third kappa shape index (κ3) is 2.93. The number of hydrogen-bond acceptors (Lipinski definition) is 3. The fraction of sp³-hybridized carbons (Fsp3) is 0.400. The van der Waals surface area contributed by atoms with E-state index in [4.69, 9.17) is 10.8 Å². The molecule has 5 nitrogen and oxygen atoms in total. The van der Waals surface area contributed by atoms with Crippen molar-refractivity contribution >= 4 is 22.5 Å². The van der Waals surface area contributed by atoms with Gasteiger partial charge in [0.2, 0.25) is 0 Å². The molecule has 0 aliphatic carbocycles. The predicted molar refractivity (Wildman–Crippen MR) is 80.6 cm³/mol. The van der Waals surface area contributed by atoms with E-state index in [1.54, 1.807) is 17.2 Å². The van der Waals surface area contributed by atoms with Gasteiger partial charge in [0.1, 0.15) is 0 Å². The van der Waals surface area contributed by atoms with Crippen LogP contribution in [0.2, 0.25) is 0 Å². The number of nitrogens with two attached hydrogens (primary N) is 1. The highest BCUT2D eigenvalue weighted by Gasteiger charge is 2.18. The minimum Gasteiger partial charge on any atom is -0.399 e. The topological polar surface area (TPSA) is 82.3 Å². The van der Waals surface area contributed by atoms with Crippen LogP contribution in [0, 0.1) is 0 Å². The summed E-state index contributed by atoms with van der Waals surface area (Å²) >= 11 is 0. The highest BCUT2D eigenvalue weighted by Crippen LogP contribution is 2.22. The second-order valence-corrected chi connectivity index (χ2v) is 4.88. The zero-order valence-corrected chi connectivity index (χ0v) is 11.7. The Bertz CT molecular complexity index is 592. The normalized spacial score (nSPS) is 10.9. The van der Waals surface area contributed by atoms with Crippen molar-refractivity contribution in [1.82, 2.24) is 9.88 Å². The molecule has 0 saturated carbocycles. The number of aliphatic hydroxyl groups excluding tert-OH is 1. The molecule has 108 valence electrons. The molecule has 2 aromatic rings. The maximum atomic E-state index is 12.6. The maximum absolute atomic E-state index is 12.6. The standard InChI is InChI=1S/C15H21N3O2/c1-2-3-6-18(7-8-19)15(20)13-10-17-14-9-11(16)4-5-12(13)14/h4-5,9-10,17,19H,2-3,6-8,16H2,1H3. The lowest BCUT2D eigenvalue weighted by Crippen LogP contribution is -2.34. The second kappa shape index (κ2) is 6.43. The van der Waals surface area contributed by atoms with Gasteiger partial charge >= 0.3 is 0 Å². The van der Waals surface area contributed by atoms with E-state index in [0.29, 0.717) is 24.3 Å². The number of benzene rings is 1. The van der Waals surface area contributed by atoms with Gasteiger partial charge in [-0.15, -0.1) is 0 Å². The third-order valence-corrected chi connectivity index (χ3v) is 3.37. The number of aromatic amines is 1. The summed E-state index contributed by atoms with van der Waals surface area (Å²) in [5.74, 6) is -0.0523. The summed E-state index contributed by atoms with van der Waals surface area (Å²) in [6, 6.07) is 5.45. The maximum Gasteiger partial charge on any atom is 0.256 e. The molecule has 4 N–H and O–H groups in total. The Kier molecular flexibility index (Phi) is 4.63. The second-order valence-electron chi connectivity index (χ2n) is 4.88. The first kappa shape index (κ1) is 14.4. The van der Waals surface area contributed by atoms with Crippen molar-refractivity contribution in [2.24, 2.45) is 0 Å². The zero-order valence-electron chi connectivity index (χ0n) is 11.7. The molecule has 20 heavy (non-hydrogen) atoms. The van der Waals surface area contributed by atoms with Crippen LogP contribution in [0.15, 0.2) is 24.4 Å². The predicted octanol–water partition coefficient (Wildman–Crippen LogP) is 1.98. The van der Waals surface area contributed by atoms with Gasteiger partial charge in [0.25, 0.3) is 5.91 Å². The number of anilines is 1. The minimum absolute atomic E-state index is 0.0231. The van der Waals surface area contributed by atoms with E-state index in [-0.39, 0.29) is 12.5 Å². The minimum atomic E-state index is -0.0523. The number of nitrogen functional groups attached to an aromatic ring is 1. The number of nitrogens with one attached hydrogen (secondary N) is 1. The Hall–Kier alpha value is -2.01. The number of aliphatic hydroxyl groups is 1. The van der Waals surface area contributed by atoms with Crippen LogP contribution >= 0.6 is 0 Å². The largest absolute Gasteiger partial charge is 0.399 e. The molecule has 0 saturated heterocycles. The molecule has 0 aliphatic heterocycles. The summed E-state index contributed by atoms with van der Waals surface area (Å²) in [6.45, 7) is 3.08. The molecule has 0 aliphatic rings. The molecule has 1 aromatic carbocycles. The first-order valence-electron chi connectivity index (χ1n) is 6.94. The van der Waals surface area contributed by atoms with Crippen molar-refractivity contribution in [2.45, 2.75) is 19.8 Å². The number of fused-ring (bicyclic) bond motifs is 1. The van der Waals surface area contributed by atoms with E-state index in [0.717, 1.165) is 23.7 Å². The van der Waals surface area contributed by atoms with Crippen molar-refractivity contribution in [3.63, 3.8) is 0 Å². The molecule has 0 unspecified atom stereocenters. The molecule has 2 rings (SSSR count). The van der Waals surface area contributed by atoms with E-state index in [1.807, 2.05) is 12.1 Å². The number of amides is 1. The fourth-order valence-corrected chi connectivity index (χ4v) is 2.28. The van der Waals surface area contributed by atoms with Crippen LogP contribution in [-0.4, -0.2) is 40.6 Å². The van der Waals surface area contributed by atoms with Gasteiger partial charge in [-0.25, -0.2) is 0 Å². The number of carbonyl (C=O) groups is 1. The van der Waals surface area contributed by atoms with Crippen molar-refractivity contribution in [2.75, 3.05) is 25.4 Å². The van der Waals surface area contributed by atoms with Gasteiger partial charge in [-0.2, -0.15) is 0 Å². The number of aromatic nitrogens is 1. The molecule has 1 heterocycles. The number of unbranched alkanes of at least 4 members (excludes halogenated alkanes) is 1. The lowest BCUT2D eigenvalue weighted by molar-refractivity contribution is 0.0721. The average molecular weight is 275 g/mol. The lowest BCUT2D eigenvalue weighted by Gasteiger charge is -2.21. The van der Waals surface area contributed by atoms with Crippen molar-refractivity contribution in [1.29, 1.82) is 0 Å². The van der Waals surface area contributed by atoms with Gasteiger partial charge in [-0.05, 0) is 24.6 Å². The first-order valence-corrected chi connectivity index (χ1v) is 6.94. The van der Waals surface area contributed by atoms with Crippen molar-refractivity contribution in [3.8, 4) is 0 Å². The Morgan fingerprint density at radius 1 is 1.40 bits per heavy atom. The summed E-state index contributed by atoms with van der Waals surface area (Å²) in [5, 5.41) is 9.98. The van der Waals surface area contributed by atoms with E-state index >= 15 is 0 Å². The molecule has 0 fully saturated rings. The van der Waals surface area contributed by atoms with Crippen LogP contribution < -0.4 is 5.73 Å². The average Bonchev–Trinajstić information content (AvgIpc) is 2.85. The van der Waals surface area contributed by atoms with E-state index in [2.05, 4.69) is 11.9 Å². The van der Waals surface area contributed by atoms with Crippen LogP contribution in [0.5, 0.6) is 0 Å². The Morgan fingerprint density at radius 2 is 2.20 bits per heavy atom. The number of rotatable bonds is 6. The lowest BCUT2D eigenvalue weighted by atomic mass is 10.1. The zero-order chi connectivity index (χ0) is 14.5. The van der Waals surface area contributed by atoms with Gasteiger partial charge in [0.15, 0.2) is 0 Å². The molecular weight excluding hydrogens is 254 g/mol. The summed E-state index contributed by atoms with van der Waals surface area (Å²) < 4.78 is 0. The van der Waals surface area contributed by atoms with Crippen molar-refractivity contribution in [3.05, 3.63) is 30.0 Å². The Labute approximate surface area is 118 Å². The summed E-state index contributed by atoms with van der Waals surface area (Å²) in [6.07, 6.45) is 3.66. The summed E-state index contributed by atoms with van der Waals surface area (Å²) in [7, 11) is 0. The van der Waals surface area contributed by atoms with E-state index < -0.39 is 0 Å². The molecular formula is C15H21N3O2. The number of hydrogen-bond donors (Lipinski definition) is 3. The van der Waals surface area contributed by atoms with Crippen LogP contribution in [0.25, 0.3) is 10.9 Å². The van der Waals surface area contributed by atoms with Gasteiger partial charge in [-0.3, -0.25) is 4.79 Å². The van der Waals surface area contributed by atoms with Crippen LogP contribution in [0.3, 0.4) is 0 Å². The molecule has 0 bridgehead atoms.